The number of nitro groups is 1. The average molecular weight is 330 g/mol. The first-order chi connectivity index (χ1) is 11.6. The molecule has 2 aromatic carbocycles. The minimum atomic E-state index is -0.579. The first-order valence-corrected chi connectivity index (χ1v) is 7.47. The summed E-state index contributed by atoms with van der Waals surface area (Å²) < 4.78 is 10.7. The molecule has 0 aromatic heterocycles. The van der Waals surface area contributed by atoms with E-state index in [1.54, 1.807) is 30.3 Å². The monoisotopic (exact) mass is 330 g/mol. The van der Waals surface area contributed by atoms with Gasteiger partial charge in [0.05, 0.1) is 11.5 Å². The molecule has 0 unspecified atom stereocenters. The van der Waals surface area contributed by atoms with Crippen molar-refractivity contribution in [1.29, 1.82) is 0 Å². The van der Waals surface area contributed by atoms with E-state index in [1.807, 2.05) is 6.92 Å². The number of amides is 1. The van der Waals surface area contributed by atoms with Crippen molar-refractivity contribution in [1.82, 2.24) is 0 Å². The van der Waals surface area contributed by atoms with E-state index < -0.39 is 10.8 Å². The Balaban J connectivity index is 1.98. The van der Waals surface area contributed by atoms with Crippen LogP contribution < -0.4 is 10.1 Å². The van der Waals surface area contributed by atoms with Gasteiger partial charge in [-0.05, 0) is 37.3 Å². The number of para-hydroxylation sites is 1. The summed E-state index contributed by atoms with van der Waals surface area (Å²) in [6.07, 6.45) is 0. The molecule has 7 heteroatoms. The minimum Gasteiger partial charge on any atom is -0.491 e. The van der Waals surface area contributed by atoms with E-state index in [2.05, 4.69) is 5.32 Å². The molecule has 0 aliphatic heterocycles. The molecule has 0 saturated carbocycles. The van der Waals surface area contributed by atoms with E-state index in [0.29, 0.717) is 31.3 Å². The molecule has 1 N–H and O–H groups in total. The van der Waals surface area contributed by atoms with Gasteiger partial charge in [0.15, 0.2) is 0 Å². The Morgan fingerprint density at radius 3 is 2.50 bits per heavy atom. The van der Waals surface area contributed by atoms with Crippen LogP contribution in [0, 0.1) is 10.1 Å². The summed E-state index contributed by atoms with van der Waals surface area (Å²) in [6.45, 7) is 3.50. The Labute approximate surface area is 139 Å². The van der Waals surface area contributed by atoms with Crippen molar-refractivity contribution in [3.63, 3.8) is 0 Å². The fourth-order valence-electron chi connectivity index (χ4n) is 2.02. The van der Waals surface area contributed by atoms with Crippen LogP contribution in [-0.2, 0) is 4.74 Å². The van der Waals surface area contributed by atoms with Crippen LogP contribution >= 0.6 is 0 Å². The van der Waals surface area contributed by atoms with Gasteiger partial charge in [-0.25, -0.2) is 0 Å². The zero-order valence-corrected chi connectivity index (χ0v) is 13.2. The van der Waals surface area contributed by atoms with Gasteiger partial charge in [-0.15, -0.1) is 0 Å². The van der Waals surface area contributed by atoms with Crippen LogP contribution in [0.4, 0.5) is 11.4 Å². The molecule has 7 nitrogen and oxygen atoms in total. The van der Waals surface area contributed by atoms with E-state index in [4.69, 9.17) is 9.47 Å². The van der Waals surface area contributed by atoms with Gasteiger partial charge in [-0.3, -0.25) is 14.9 Å². The van der Waals surface area contributed by atoms with Crippen LogP contribution in [-0.4, -0.2) is 30.7 Å². The van der Waals surface area contributed by atoms with Crippen LogP contribution in [0.15, 0.2) is 48.5 Å². The highest BCUT2D eigenvalue weighted by Gasteiger charge is 2.19. The number of nitrogens with zero attached hydrogens (tertiary/aromatic N) is 1. The molecule has 0 radical (unpaired) electrons. The molecule has 126 valence electrons. The maximum absolute atomic E-state index is 12.2. The van der Waals surface area contributed by atoms with E-state index >= 15 is 0 Å². The largest absolute Gasteiger partial charge is 0.491 e. The van der Waals surface area contributed by atoms with Gasteiger partial charge in [0.1, 0.15) is 17.9 Å². The number of carbonyl (C=O) groups is 1. The number of hydrogen-bond acceptors (Lipinski definition) is 5. The first kappa shape index (κ1) is 17.4. The molecular weight excluding hydrogens is 312 g/mol. The zero-order chi connectivity index (χ0) is 17.4. The van der Waals surface area contributed by atoms with E-state index in [1.165, 1.54) is 18.2 Å². The number of hydrogen-bond donors (Lipinski definition) is 1. The van der Waals surface area contributed by atoms with Crippen molar-refractivity contribution in [2.45, 2.75) is 6.92 Å². The first-order valence-electron chi connectivity index (χ1n) is 7.47. The van der Waals surface area contributed by atoms with E-state index in [9.17, 15) is 14.9 Å². The topological polar surface area (TPSA) is 90.7 Å². The molecule has 2 aromatic rings. The highest BCUT2D eigenvalue weighted by atomic mass is 16.6. The standard InChI is InChI=1S/C17H18N2O5/c1-2-23-11-12-24-14-9-7-13(8-10-14)18-17(20)15-5-3-4-6-16(15)19(21)22/h3-10H,2,11-12H2,1H3,(H,18,20). The summed E-state index contributed by atoms with van der Waals surface area (Å²) in [5.41, 5.74) is 0.306. The van der Waals surface area contributed by atoms with Crippen LogP contribution in [0.3, 0.4) is 0 Å². The summed E-state index contributed by atoms with van der Waals surface area (Å²) in [7, 11) is 0. The van der Waals surface area contributed by atoms with Gasteiger partial charge >= 0.3 is 0 Å². The van der Waals surface area contributed by atoms with Crippen molar-refractivity contribution < 1.29 is 19.2 Å². The molecule has 0 atom stereocenters. The normalized spacial score (nSPS) is 10.2. The van der Waals surface area contributed by atoms with Crippen molar-refractivity contribution in [3.05, 3.63) is 64.2 Å². The summed E-state index contributed by atoms with van der Waals surface area (Å²) in [5.74, 6) is 0.116. The second-order valence-corrected chi connectivity index (χ2v) is 4.80. The highest BCUT2D eigenvalue weighted by molar-refractivity contribution is 6.07. The summed E-state index contributed by atoms with van der Waals surface area (Å²) in [4.78, 5) is 22.6. The van der Waals surface area contributed by atoms with Crippen molar-refractivity contribution >= 4 is 17.3 Å². The molecule has 0 saturated heterocycles. The summed E-state index contributed by atoms with van der Waals surface area (Å²) in [6, 6.07) is 12.6. The Morgan fingerprint density at radius 2 is 1.83 bits per heavy atom. The molecular formula is C17H18N2O5. The van der Waals surface area contributed by atoms with Crippen LogP contribution in [0.25, 0.3) is 0 Å². The van der Waals surface area contributed by atoms with Crippen molar-refractivity contribution in [3.8, 4) is 5.75 Å². The van der Waals surface area contributed by atoms with Crippen LogP contribution in [0.1, 0.15) is 17.3 Å². The van der Waals surface area contributed by atoms with Gasteiger partial charge in [-0.1, -0.05) is 12.1 Å². The SMILES string of the molecule is CCOCCOc1ccc(NC(=O)c2ccccc2[N+](=O)[O-])cc1. The Morgan fingerprint density at radius 1 is 1.12 bits per heavy atom. The van der Waals surface area contributed by atoms with Crippen molar-refractivity contribution in [2.75, 3.05) is 25.1 Å². The average Bonchev–Trinajstić information content (AvgIpc) is 2.60. The smallest absolute Gasteiger partial charge is 0.282 e. The lowest BCUT2D eigenvalue weighted by Gasteiger charge is -2.08. The maximum atomic E-state index is 12.2. The van der Waals surface area contributed by atoms with Gasteiger partial charge in [0.2, 0.25) is 0 Å². The fourth-order valence-corrected chi connectivity index (χ4v) is 2.02. The molecule has 0 bridgehead atoms. The van der Waals surface area contributed by atoms with Crippen LogP contribution in [0.2, 0.25) is 0 Å². The molecule has 1 amide bonds. The Bertz CT molecular complexity index is 700. The number of nitrogens with one attached hydrogen (secondary N) is 1. The second kappa shape index (κ2) is 8.64. The van der Waals surface area contributed by atoms with E-state index in [0.717, 1.165) is 0 Å². The van der Waals surface area contributed by atoms with Gasteiger partial charge < -0.3 is 14.8 Å². The molecule has 0 spiro atoms. The molecule has 0 fully saturated rings. The van der Waals surface area contributed by atoms with Gasteiger partial charge in [0.25, 0.3) is 11.6 Å². The van der Waals surface area contributed by atoms with Crippen LogP contribution in [0.5, 0.6) is 5.75 Å². The highest BCUT2D eigenvalue weighted by Crippen LogP contribution is 2.20. The molecule has 24 heavy (non-hydrogen) atoms. The summed E-state index contributed by atoms with van der Waals surface area (Å²) >= 11 is 0. The number of anilines is 1. The number of ether oxygens (including phenoxy) is 2. The fraction of sp³-hybridized carbons (Fsp3) is 0.235. The summed E-state index contributed by atoms with van der Waals surface area (Å²) in [5, 5.41) is 13.6. The van der Waals surface area contributed by atoms with Crippen molar-refractivity contribution in [2.24, 2.45) is 0 Å². The number of carbonyl (C=O) groups excluding carboxylic acids is 1. The predicted molar refractivity (Wildman–Crippen MR) is 89.5 cm³/mol. The Kier molecular flexibility index (Phi) is 6.27. The van der Waals surface area contributed by atoms with E-state index in [-0.39, 0.29) is 11.3 Å². The van der Waals surface area contributed by atoms with Gasteiger partial charge in [0, 0.05) is 18.4 Å². The number of rotatable bonds is 8. The lowest BCUT2D eigenvalue weighted by Crippen LogP contribution is -2.13. The third kappa shape index (κ3) is 4.79. The lowest BCUT2D eigenvalue weighted by atomic mass is 10.1. The predicted octanol–water partition coefficient (Wildman–Crippen LogP) is 3.26. The Hall–Kier alpha value is -2.93. The second-order valence-electron chi connectivity index (χ2n) is 4.80. The lowest BCUT2D eigenvalue weighted by molar-refractivity contribution is -0.385. The molecule has 0 aliphatic rings. The third-order valence-corrected chi connectivity index (χ3v) is 3.16. The molecule has 2 rings (SSSR count). The minimum absolute atomic E-state index is 0.0135. The zero-order valence-electron chi connectivity index (χ0n) is 13.2. The molecule has 0 heterocycles. The van der Waals surface area contributed by atoms with Gasteiger partial charge in [-0.2, -0.15) is 0 Å². The number of nitro benzene ring substituents is 1. The third-order valence-electron chi connectivity index (χ3n) is 3.16. The number of benzene rings is 2. The molecule has 0 aliphatic carbocycles. The maximum Gasteiger partial charge on any atom is 0.282 e. The quantitative estimate of drug-likeness (QED) is 0.456.